The molecule has 0 heterocycles. The zero-order valence-corrected chi connectivity index (χ0v) is 46.4. The Morgan fingerprint density at radius 3 is 0.847 bits per heavy atom. The summed E-state index contributed by atoms with van der Waals surface area (Å²) in [6.07, 6.45) is 92.6. The first kappa shape index (κ1) is 67.8. The van der Waals surface area contributed by atoms with Gasteiger partial charge in [-0.1, -0.05) is 262 Å². The molecule has 0 aliphatic carbocycles. The molecule has 0 aromatic rings. The van der Waals surface area contributed by atoms with Gasteiger partial charge in [-0.2, -0.15) is 0 Å². The number of aliphatic hydroxyl groups excluding tert-OH is 1. The molecule has 1 N–H and O–H groups in total. The van der Waals surface area contributed by atoms with Crippen molar-refractivity contribution in [1.29, 1.82) is 0 Å². The Hall–Kier alpha value is -4.22. The predicted molar refractivity (Wildman–Crippen MR) is 315 cm³/mol. The summed E-state index contributed by atoms with van der Waals surface area (Å²) in [5.74, 6) is -0.632. The fourth-order valence-corrected chi connectivity index (χ4v) is 7.80. The number of esters is 2. The lowest BCUT2D eigenvalue weighted by Gasteiger charge is -2.15. The van der Waals surface area contributed by atoms with E-state index in [0.717, 1.165) is 122 Å². The smallest absolute Gasteiger partial charge is 0.306 e. The van der Waals surface area contributed by atoms with Crippen LogP contribution in [0.5, 0.6) is 0 Å². The first-order chi connectivity index (χ1) is 35.6. The van der Waals surface area contributed by atoms with Crippen molar-refractivity contribution in [3.63, 3.8) is 0 Å². The molecule has 406 valence electrons. The van der Waals surface area contributed by atoms with E-state index in [1.807, 2.05) is 0 Å². The maximum atomic E-state index is 12.3. The molecule has 0 rings (SSSR count). The Labute approximate surface area is 444 Å². The van der Waals surface area contributed by atoms with Crippen LogP contribution in [0, 0.1) is 0 Å². The zero-order chi connectivity index (χ0) is 52.0. The van der Waals surface area contributed by atoms with Crippen LogP contribution in [0.1, 0.15) is 245 Å². The number of unbranched alkanes of at least 4 members (excludes halogenated alkanes) is 20. The molecule has 0 spiro atoms. The number of carbonyl (C=O) groups is 2. The maximum absolute atomic E-state index is 12.3. The molecule has 0 fully saturated rings. The number of aliphatic hydroxyl groups is 1. The van der Waals surface area contributed by atoms with Crippen LogP contribution in [-0.2, 0) is 19.1 Å². The average Bonchev–Trinajstić information content (AvgIpc) is 3.38. The molecule has 0 aliphatic rings. The Morgan fingerprint density at radius 1 is 0.319 bits per heavy atom. The first-order valence-electron chi connectivity index (χ1n) is 29.4. The minimum Gasteiger partial charge on any atom is -0.462 e. The van der Waals surface area contributed by atoms with Gasteiger partial charge in [0.25, 0.3) is 0 Å². The predicted octanol–water partition coefficient (Wildman–Crippen LogP) is 20.2. The molecule has 0 saturated carbocycles. The summed E-state index contributed by atoms with van der Waals surface area (Å²) >= 11 is 0. The van der Waals surface area contributed by atoms with Gasteiger partial charge in [0.15, 0.2) is 6.10 Å². The van der Waals surface area contributed by atoms with E-state index in [1.165, 1.54) is 96.3 Å². The summed E-state index contributed by atoms with van der Waals surface area (Å²) in [5.41, 5.74) is 0. The van der Waals surface area contributed by atoms with Crippen molar-refractivity contribution in [2.24, 2.45) is 0 Å². The molecule has 0 radical (unpaired) electrons. The van der Waals surface area contributed by atoms with Gasteiger partial charge in [0.05, 0.1) is 6.61 Å². The number of allylic oxidation sites excluding steroid dienone is 24. The molecule has 0 saturated heterocycles. The van der Waals surface area contributed by atoms with Crippen molar-refractivity contribution in [3.8, 4) is 0 Å². The van der Waals surface area contributed by atoms with E-state index in [1.54, 1.807) is 0 Å². The molecule has 0 bridgehead atoms. The summed E-state index contributed by atoms with van der Waals surface area (Å²) < 4.78 is 10.7. The molecular weight excluding hydrogens is 885 g/mol. The Bertz CT molecular complexity index is 1540. The monoisotopic (exact) mass is 993 g/mol. The number of rotatable bonds is 52. The zero-order valence-electron chi connectivity index (χ0n) is 46.4. The van der Waals surface area contributed by atoms with Crippen LogP contribution < -0.4 is 0 Å². The molecule has 0 aromatic heterocycles. The highest BCUT2D eigenvalue weighted by atomic mass is 16.6. The van der Waals surface area contributed by atoms with Crippen molar-refractivity contribution in [1.82, 2.24) is 0 Å². The quantitative estimate of drug-likeness (QED) is 0.0373. The largest absolute Gasteiger partial charge is 0.462 e. The Morgan fingerprint density at radius 2 is 0.556 bits per heavy atom. The molecule has 5 nitrogen and oxygen atoms in total. The second-order valence-electron chi connectivity index (χ2n) is 19.0. The van der Waals surface area contributed by atoms with E-state index >= 15 is 0 Å². The minimum absolute atomic E-state index is 0.0894. The van der Waals surface area contributed by atoms with Gasteiger partial charge in [-0.15, -0.1) is 0 Å². The van der Waals surface area contributed by atoms with E-state index in [9.17, 15) is 14.7 Å². The number of hydrogen-bond donors (Lipinski definition) is 1. The van der Waals surface area contributed by atoms with Crippen LogP contribution in [-0.4, -0.2) is 36.4 Å². The third kappa shape index (κ3) is 58.4. The van der Waals surface area contributed by atoms with Crippen LogP contribution in [0.3, 0.4) is 0 Å². The van der Waals surface area contributed by atoms with Crippen molar-refractivity contribution in [2.75, 3.05) is 13.2 Å². The van der Waals surface area contributed by atoms with Crippen molar-refractivity contribution >= 4 is 11.9 Å². The van der Waals surface area contributed by atoms with Gasteiger partial charge < -0.3 is 14.6 Å². The van der Waals surface area contributed by atoms with Crippen LogP contribution in [0.4, 0.5) is 0 Å². The lowest BCUT2D eigenvalue weighted by molar-refractivity contribution is -0.161. The second-order valence-corrected chi connectivity index (χ2v) is 19.0. The van der Waals surface area contributed by atoms with E-state index in [2.05, 4.69) is 160 Å². The van der Waals surface area contributed by atoms with Gasteiger partial charge in [-0.25, -0.2) is 0 Å². The minimum atomic E-state index is -0.795. The average molecular weight is 994 g/mol. The van der Waals surface area contributed by atoms with Crippen LogP contribution in [0.15, 0.2) is 146 Å². The highest BCUT2D eigenvalue weighted by molar-refractivity contribution is 5.70. The van der Waals surface area contributed by atoms with Crippen molar-refractivity contribution in [3.05, 3.63) is 146 Å². The summed E-state index contributed by atoms with van der Waals surface area (Å²) in [4.78, 5) is 24.5. The standard InChI is InChI=1S/C67H108O5/c1-3-5-7-9-11-13-15-17-19-21-23-24-25-26-27-28-29-30-31-32-33-34-35-36-37-38-39-40-41-42-44-46-48-50-52-54-56-58-60-62-67(70)72-65(63-68)64-71-66(69)61-59-57-55-53-51-49-47-45-43-22-20-18-16-14-12-10-8-6-4-2/h5-8,11-14,17-20,23-24,26-27,29-30,32-33,43,45,49,51,65,68H,3-4,9-10,15-16,21-22,25,28,31,34-42,44,46-48,50,52-64H2,1-2H3/b7-5-,8-6-,13-11-,14-12-,19-17-,20-18-,24-23-,27-26-,30-29-,33-32-,45-43-,51-49-. The van der Waals surface area contributed by atoms with E-state index < -0.39 is 6.10 Å². The van der Waals surface area contributed by atoms with Gasteiger partial charge in [-0.3, -0.25) is 9.59 Å². The van der Waals surface area contributed by atoms with Gasteiger partial charge in [0.1, 0.15) is 6.61 Å². The normalized spacial score (nSPS) is 13.3. The van der Waals surface area contributed by atoms with Crippen LogP contribution in [0.2, 0.25) is 0 Å². The van der Waals surface area contributed by atoms with Gasteiger partial charge >= 0.3 is 11.9 Å². The summed E-state index contributed by atoms with van der Waals surface area (Å²) in [5, 5.41) is 9.65. The Kier molecular flexibility index (Phi) is 57.5. The fraction of sp³-hybridized carbons (Fsp3) is 0.612. The lowest BCUT2D eigenvalue weighted by Crippen LogP contribution is -2.28. The van der Waals surface area contributed by atoms with Crippen LogP contribution >= 0.6 is 0 Å². The molecule has 72 heavy (non-hydrogen) atoms. The van der Waals surface area contributed by atoms with E-state index in [-0.39, 0.29) is 25.2 Å². The number of ether oxygens (including phenoxy) is 2. The van der Waals surface area contributed by atoms with E-state index in [0.29, 0.717) is 12.8 Å². The maximum Gasteiger partial charge on any atom is 0.306 e. The molecule has 0 aliphatic heterocycles. The summed E-state index contributed by atoms with van der Waals surface area (Å²) in [6, 6.07) is 0. The van der Waals surface area contributed by atoms with Crippen molar-refractivity contribution in [2.45, 2.75) is 251 Å². The van der Waals surface area contributed by atoms with Crippen LogP contribution in [0.25, 0.3) is 0 Å². The van der Waals surface area contributed by atoms with Gasteiger partial charge in [0.2, 0.25) is 0 Å². The molecule has 1 atom stereocenters. The highest BCUT2D eigenvalue weighted by Crippen LogP contribution is 2.15. The van der Waals surface area contributed by atoms with Crippen molar-refractivity contribution < 1.29 is 24.2 Å². The molecular formula is C67H108O5. The molecule has 5 heteroatoms. The number of hydrogen-bond acceptors (Lipinski definition) is 5. The lowest BCUT2D eigenvalue weighted by atomic mass is 10.0. The summed E-state index contributed by atoms with van der Waals surface area (Å²) in [7, 11) is 0. The third-order valence-electron chi connectivity index (χ3n) is 12.1. The Balaban J connectivity index is 3.53. The molecule has 1 unspecified atom stereocenters. The third-order valence-corrected chi connectivity index (χ3v) is 12.1. The molecule has 0 amide bonds. The fourth-order valence-electron chi connectivity index (χ4n) is 7.80. The van der Waals surface area contributed by atoms with E-state index in [4.69, 9.17) is 9.47 Å². The summed E-state index contributed by atoms with van der Waals surface area (Å²) in [6.45, 7) is 3.88. The van der Waals surface area contributed by atoms with Gasteiger partial charge in [-0.05, 0) is 116 Å². The second kappa shape index (κ2) is 61.1. The topological polar surface area (TPSA) is 72.8 Å². The highest BCUT2D eigenvalue weighted by Gasteiger charge is 2.16. The first-order valence-corrected chi connectivity index (χ1v) is 29.4. The molecule has 0 aromatic carbocycles. The SMILES string of the molecule is CC/C=C\C/C=C\C/C=C\C/C=C\C/C=C\C/C=C\C/C=C\CCCCCCCCCCCCCCCCCCCC(=O)OC(CO)COC(=O)CCCCC/C=C\C/C=C\C/C=C\C/C=C\C/C=C\CC. The number of carbonyl (C=O) groups excluding carboxylic acids is 2. The van der Waals surface area contributed by atoms with Gasteiger partial charge in [0, 0.05) is 12.8 Å².